The Hall–Kier alpha value is -3.30. The molecule has 0 fully saturated rings. The Balaban J connectivity index is 1.56. The lowest BCUT2D eigenvalue weighted by Crippen LogP contribution is -2.27. The van der Waals surface area contributed by atoms with Gasteiger partial charge in [0.15, 0.2) is 10.8 Å². The highest BCUT2D eigenvalue weighted by molar-refractivity contribution is 7.80. The van der Waals surface area contributed by atoms with Gasteiger partial charge in [-0.25, -0.2) is 9.97 Å². The van der Waals surface area contributed by atoms with E-state index in [1.807, 2.05) is 31.2 Å². The Morgan fingerprint density at radius 1 is 1.06 bits per heavy atom. The first-order valence-electron chi connectivity index (χ1n) is 10.7. The van der Waals surface area contributed by atoms with Crippen molar-refractivity contribution in [2.75, 3.05) is 10.6 Å². The predicted molar refractivity (Wildman–Crippen MR) is 145 cm³/mol. The molecule has 0 spiro atoms. The number of benzene rings is 2. The first kappa shape index (κ1) is 23.4. The van der Waals surface area contributed by atoms with Crippen molar-refractivity contribution < 1.29 is 4.74 Å². The van der Waals surface area contributed by atoms with Gasteiger partial charge in [0.2, 0.25) is 5.95 Å². The summed E-state index contributed by atoms with van der Waals surface area (Å²) in [6.07, 6.45) is 1.70. The Bertz CT molecular complexity index is 1470. The topological polar surface area (TPSA) is 84.0 Å². The summed E-state index contributed by atoms with van der Waals surface area (Å²) in [5.74, 6) is 0.867. The maximum atomic E-state index is 6.51. The van der Waals surface area contributed by atoms with Crippen LogP contribution < -0.4 is 16.0 Å². The monoisotopic (exact) mass is 522 g/mol. The molecule has 1 aliphatic heterocycles. The van der Waals surface area contributed by atoms with E-state index in [1.165, 1.54) is 5.56 Å². The van der Waals surface area contributed by atoms with Gasteiger partial charge in [-0.15, -0.1) is 0 Å². The van der Waals surface area contributed by atoms with Gasteiger partial charge < -0.3 is 20.7 Å². The van der Waals surface area contributed by atoms with Gasteiger partial charge >= 0.3 is 0 Å². The fourth-order valence-electron chi connectivity index (χ4n) is 3.78. The minimum absolute atomic E-state index is 0.335. The van der Waals surface area contributed by atoms with E-state index in [2.05, 4.69) is 32.5 Å². The van der Waals surface area contributed by atoms with Crippen LogP contribution in [0.25, 0.3) is 22.2 Å². The SMILES string of the molecule is C=C(C)NC(=S)Nc1nc2nc(Nc3ccc4c(c3)COC4)ncc2cc1-c1c(Cl)cccc1Cl. The minimum Gasteiger partial charge on any atom is -0.372 e. The van der Waals surface area contributed by atoms with Crippen LogP contribution in [0.4, 0.5) is 17.5 Å². The highest BCUT2D eigenvalue weighted by atomic mass is 35.5. The molecule has 35 heavy (non-hydrogen) atoms. The molecule has 2 aromatic heterocycles. The fourth-order valence-corrected chi connectivity index (χ4v) is 4.65. The molecule has 0 aliphatic carbocycles. The van der Waals surface area contributed by atoms with Crippen molar-refractivity contribution >= 4 is 69.0 Å². The van der Waals surface area contributed by atoms with Crippen LogP contribution in [-0.2, 0) is 18.0 Å². The number of halogens is 2. The number of thiocarbonyl (C=S) groups is 1. The molecule has 10 heteroatoms. The molecule has 0 bridgehead atoms. The van der Waals surface area contributed by atoms with Crippen LogP contribution in [-0.4, -0.2) is 20.1 Å². The van der Waals surface area contributed by atoms with E-state index < -0.39 is 0 Å². The van der Waals surface area contributed by atoms with E-state index in [4.69, 9.17) is 45.1 Å². The zero-order valence-electron chi connectivity index (χ0n) is 18.7. The summed E-state index contributed by atoms with van der Waals surface area (Å²) in [6.45, 7) is 6.88. The lowest BCUT2D eigenvalue weighted by Gasteiger charge is -2.16. The molecule has 3 heterocycles. The van der Waals surface area contributed by atoms with Gasteiger partial charge in [0, 0.05) is 34.1 Å². The molecule has 3 N–H and O–H groups in total. The van der Waals surface area contributed by atoms with Crippen LogP contribution in [0.5, 0.6) is 0 Å². The van der Waals surface area contributed by atoms with Crippen molar-refractivity contribution in [2.45, 2.75) is 20.1 Å². The average molecular weight is 523 g/mol. The molecule has 1 aliphatic rings. The summed E-state index contributed by atoms with van der Waals surface area (Å²) in [6, 6.07) is 13.3. The number of aromatic nitrogens is 3. The molecule has 0 saturated carbocycles. The summed E-state index contributed by atoms with van der Waals surface area (Å²) in [5, 5.41) is 11.4. The zero-order chi connectivity index (χ0) is 24.5. The third kappa shape index (κ3) is 5.06. The van der Waals surface area contributed by atoms with Crippen molar-refractivity contribution in [3.8, 4) is 11.1 Å². The zero-order valence-corrected chi connectivity index (χ0v) is 21.0. The van der Waals surface area contributed by atoms with Gasteiger partial charge in [-0.3, -0.25) is 0 Å². The van der Waals surface area contributed by atoms with Crippen LogP contribution in [0, 0.1) is 0 Å². The number of ether oxygens (including phenoxy) is 1. The smallest absolute Gasteiger partial charge is 0.229 e. The summed E-state index contributed by atoms with van der Waals surface area (Å²) in [7, 11) is 0. The number of hydrogen-bond donors (Lipinski definition) is 3. The van der Waals surface area contributed by atoms with Gasteiger partial charge in [-0.05, 0) is 60.6 Å². The van der Waals surface area contributed by atoms with Crippen molar-refractivity contribution in [1.29, 1.82) is 0 Å². The van der Waals surface area contributed by atoms with Crippen molar-refractivity contribution in [3.05, 3.63) is 82.1 Å². The molecule has 176 valence electrons. The van der Waals surface area contributed by atoms with Crippen molar-refractivity contribution in [2.24, 2.45) is 0 Å². The predicted octanol–water partition coefficient (Wildman–Crippen LogP) is 6.59. The van der Waals surface area contributed by atoms with Crippen molar-refractivity contribution in [1.82, 2.24) is 20.3 Å². The van der Waals surface area contributed by atoms with Gasteiger partial charge in [0.25, 0.3) is 0 Å². The molecule has 0 amide bonds. The second kappa shape index (κ2) is 9.75. The van der Waals surface area contributed by atoms with Gasteiger partial charge in [-0.2, -0.15) is 4.98 Å². The average Bonchev–Trinajstić information content (AvgIpc) is 3.26. The van der Waals surface area contributed by atoms with Crippen LogP contribution in [0.1, 0.15) is 18.1 Å². The fraction of sp³-hybridized carbons (Fsp3) is 0.120. The van der Waals surface area contributed by atoms with Crippen molar-refractivity contribution in [3.63, 3.8) is 0 Å². The molecule has 0 saturated heterocycles. The molecule has 0 unspecified atom stereocenters. The van der Waals surface area contributed by atoms with Crippen LogP contribution in [0.3, 0.4) is 0 Å². The maximum Gasteiger partial charge on any atom is 0.229 e. The number of nitrogens with one attached hydrogen (secondary N) is 3. The highest BCUT2D eigenvalue weighted by Crippen LogP contribution is 2.39. The number of rotatable bonds is 5. The minimum atomic E-state index is 0.335. The highest BCUT2D eigenvalue weighted by Gasteiger charge is 2.18. The maximum absolute atomic E-state index is 6.51. The molecule has 5 rings (SSSR count). The normalized spacial score (nSPS) is 12.3. The van der Waals surface area contributed by atoms with Crippen LogP contribution >= 0.6 is 35.4 Å². The number of allylic oxidation sites excluding steroid dienone is 1. The number of hydrogen-bond acceptors (Lipinski definition) is 6. The quantitative estimate of drug-likeness (QED) is 0.253. The Morgan fingerprint density at radius 2 is 1.83 bits per heavy atom. The van der Waals surface area contributed by atoms with E-state index in [0.29, 0.717) is 68.0 Å². The number of nitrogens with zero attached hydrogens (tertiary/aromatic N) is 3. The molecular formula is C25H20Cl2N6OS. The molecule has 7 nitrogen and oxygen atoms in total. The number of anilines is 3. The standard InChI is InChI=1S/C25H20Cl2N6OS/c1-13(2)29-25(35)33-23-18(21-19(26)4-3-5-20(21)27)9-15-10-28-24(32-22(15)31-23)30-17-7-6-14-11-34-12-16(14)8-17/h3-10H,1,11-12H2,2H3,(H3,28,29,30,31,32,33,35). The first-order chi connectivity index (χ1) is 16.9. The molecule has 4 aromatic rings. The van der Waals surface area contributed by atoms with E-state index in [-0.39, 0.29) is 0 Å². The Kier molecular flexibility index (Phi) is 6.53. The van der Waals surface area contributed by atoms with E-state index in [0.717, 1.165) is 11.3 Å². The molecule has 0 atom stereocenters. The molecule has 2 aromatic carbocycles. The van der Waals surface area contributed by atoms with Crippen LogP contribution in [0.2, 0.25) is 10.0 Å². The summed E-state index contributed by atoms with van der Waals surface area (Å²) in [5.41, 5.74) is 5.68. The number of pyridine rings is 1. The Labute approximate surface area is 217 Å². The third-order valence-corrected chi connectivity index (χ3v) is 6.17. The molecular weight excluding hydrogens is 503 g/mol. The van der Waals surface area contributed by atoms with Gasteiger partial charge in [-0.1, -0.05) is 41.9 Å². The van der Waals surface area contributed by atoms with Gasteiger partial charge in [0.05, 0.1) is 23.3 Å². The van der Waals surface area contributed by atoms with E-state index >= 15 is 0 Å². The molecule has 0 radical (unpaired) electrons. The summed E-state index contributed by atoms with van der Waals surface area (Å²) < 4.78 is 5.50. The van der Waals surface area contributed by atoms with E-state index in [1.54, 1.807) is 24.4 Å². The summed E-state index contributed by atoms with van der Waals surface area (Å²) in [4.78, 5) is 13.8. The van der Waals surface area contributed by atoms with E-state index in [9.17, 15) is 0 Å². The Morgan fingerprint density at radius 3 is 2.60 bits per heavy atom. The lowest BCUT2D eigenvalue weighted by molar-refractivity contribution is 0.134. The van der Waals surface area contributed by atoms with Crippen LogP contribution in [0.15, 0.2) is 60.9 Å². The second-order valence-electron chi connectivity index (χ2n) is 8.05. The largest absolute Gasteiger partial charge is 0.372 e. The third-order valence-electron chi connectivity index (χ3n) is 5.34. The second-order valence-corrected chi connectivity index (χ2v) is 9.27. The first-order valence-corrected chi connectivity index (χ1v) is 11.9. The number of fused-ring (bicyclic) bond motifs is 2. The van der Waals surface area contributed by atoms with Gasteiger partial charge in [0.1, 0.15) is 5.82 Å². The summed E-state index contributed by atoms with van der Waals surface area (Å²) >= 11 is 18.4. The lowest BCUT2D eigenvalue weighted by atomic mass is 10.0.